The zero-order chi connectivity index (χ0) is 19.8. The van der Waals surface area contributed by atoms with Crippen molar-refractivity contribution in [3.05, 3.63) is 24.3 Å². The van der Waals surface area contributed by atoms with Crippen LogP contribution in [0.3, 0.4) is 0 Å². The number of rotatable bonds is 4. The van der Waals surface area contributed by atoms with E-state index >= 15 is 0 Å². The summed E-state index contributed by atoms with van der Waals surface area (Å²) in [4.78, 5) is 0. The molecule has 0 radical (unpaired) electrons. The van der Waals surface area contributed by atoms with E-state index in [9.17, 15) is 0 Å². The van der Waals surface area contributed by atoms with Gasteiger partial charge in [0, 0.05) is 34.3 Å². The van der Waals surface area contributed by atoms with Gasteiger partial charge in [0.05, 0.1) is 18.3 Å². The van der Waals surface area contributed by atoms with Crippen LogP contribution in [0, 0.1) is 0 Å². The van der Waals surface area contributed by atoms with E-state index in [-0.39, 0.29) is 44.5 Å². The molecule has 1 aromatic carbocycles. The predicted molar refractivity (Wildman–Crippen MR) is 111 cm³/mol. The Morgan fingerprint density at radius 1 is 0.720 bits per heavy atom. The molecular formula is C20H43O3SiZr-. The zero-order valence-electron chi connectivity index (χ0n) is 18.0. The molecule has 3 atom stereocenters. The molecule has 3 unspecified atom stereocenters. The molecule has 0 saturated heterocycles. The first kappa shape index (κ1) is 33.0. The summed E-state index contributed by atoms with van der Waals surface area (Å²) >= 11 is 0. The summed E-state index contributed by atoms with van der Waals surface area (Å²) in [6, 6.07) is 8.69. The van der Waals surface area contributed by atoms with Crippen LogP contribution in [0.1, 0.15) is 60.8 Å². The number of hydrogen-bond acceptors (Lipinski definition) is 3. The second kappa shape index (κ2) is 20.6. The molecule has 25 heavy (non-hydrogen) atoms. The van der Waals surface area contributed by atoms with Gasteiger partial charge in [-0.25, -0.2) is 12.1 Å². The average molecular weight is 451 g/mol. The topological polar surface area (TPSA) is 60.7 Å². The molecule has 0 saturated carbocycles. The minimum Gasteiger partial charge on any atom is -0.393 e. The standard InChI is InChI=1S/C8H13Si.3C4H10O.Zr/c1-9(2,3)8-6-4-5-7-8;3*1-3-4(2)5;/h4-7H,1-3H3;3*4-5H,3H2,1-2H3;/q-1;;;;. The molecule has 0 heterocycles. The normalized spacial score (nSPS) is 13.3. The van der Waals surface area contributed by atoms with Gasteiger partial charge in [-0.3, -0.25) is 0 Å². The van der Waals surface area contributed by atoms with Gasteiger partial charge in [0.1, 0.15) is 0 Å². The van der Waals surface area contributed by atoms with Crippen LogP contribution in [0.15, 0.2) is 24.3 Å². The van der Waals surface area contributed by atoms with Gasteiger partial charge in [0.15, 0.2) is 0 Å². The van der Waals surface area contributed by atoms with Crippen molar-refractivity contribution < 1.29 is 41.5 Å². The molecule has 150 valence electrons. The molecule has 5 heteroatoms. The van der Waals surface area contributed by atoms with Crippen LogP contribution < -0.4 is 5.19 Å². The summed E-state index contributed by atoms with van der Waals surface area (Å²) in [6.45, 7) is 18.3. The van der Waals surface area contributed by atoms with Crippen LogP contribution in [0.5, 0.6) is 0 Å². The van der Waals surface area contributed by atoms with Crippen LogP contribution in [-0.4, -0.2) is 41.7 Å². The fourth-order valence-corrected chi connectivity index (χ4v) is 2.07. The van der Waals surface area contributed by atoms with E-state index < -0.39 is 8.07 Å². The summed E-state index contributed by atoms with van der Waals surface area (Å²) in [7, 11) is -0.981. The van der Waals surface area contributed by atoms with Crippen LogP contribution in [0.2, 0.25) is 19.6 Å². The van der Waals surface area contributed by atoms with E-state index in [1.165, 1.54) is 0 Å². The van der Waals surface area contributed by atoms with Gasteiger partial charge >= 0.3 is 0 Å². The van der Waals surface area contributed by atoms with Gasteiger partial charge < -0.3 is 15.3 Å². The van der Waals surface area contributed by atoms with E-state index in [1.807, 2.05) is 20.8 Å². The molecule has 0 aromatic heterocycles. The Labute approximate surface area is 177 Å². The Morgan fingerprint density at radius 3 is 1.00 bits per heavy atom. The number of aliphatic hydroxyl groups excluding tert-OH is 3. The third kappa shape index (κ3) is 32.5. The maximum Gasteiger partial charge on any atom is 0.0509 e. The first-order valence-corrected chi connectivity index (χ1v) is 12.7. The van der Waals surface area contributed by atoms with Crippen LogP contribution in [0.25, 0.3) is 0 Å². The van der Waals surface area contributed by atoms with Crippen molar-refractivity contribution in [2.45, 2.75) is 98.8 Å². The van der Waals surface area contributed by atoms with Crippen molar-refractivity contribution in [1.82, 2.24) is 0 Å². The van der Waals surface area contributed by atoms with Gasteiger partial charge in [0.25, 0.3) is 0 Å². The third-order valence-corrected chi connectivity index (χ3v) is 5.37. The molecule has 0 aliphatic rings. The fourth-order valence-electron chi connectivity index (χ4n) is 0.874. The average Bonchev–Trinajstić information content (AvgIpc) is 3.03. The second-order valence-corrected chi connectivity index (χ2v) is 12.3. The van der Waals surface area contributed by atoms with Crippen molar-refractivity contribution in [3.63, 3.8) is 0 Å². The molecule has 0 fully saturated rings. The molecule has 0 bridgehead atoms. The third-order valence-electron chi connectivity index (χ3n) is 3.30. The summed E-state index contributed by atoms with van der Waals surface area (Å²) in [5, 5.41) is 26.6. The maximum atomic E-state index is 8.36. The Balaban J connectivity index is -0.000000122. The predicted octanol–water partition coefficient (Wildman–Crippen LogP) is 4.28. The molecule has 1 aromatic rings. The zero-order valence-corrected chi connectivity index (χ0v) is 21.5. The van der Waals surface area contributed by atoms with Gasteiger partial charge in [-0.05, 0) is 40.0 Å². The molecule has 1 rings (SSSR count). The summed E-state index contributed by atoms with van der Waals surface area (Å²) in [5.74, 6) is 0. The van der Waals surface area contributed by atoms with E-state index in [0.717, 1.165) is 19.3 Å². The number of hydrogen-bond donors (Lipinski definition) is 3. The second-order valence-electron chi connectivity index (χ2n) is 7.20. The van der Waals surface area contributed by atoms with Crippen LogP contribution in [-0.2, 0) is 26.2 Å². The Bertz CT molecular complexity index is 312. The van der Waals surface area contributed by atoms with Crippen molar-refractivity contribution in [2.75, 3.05) is 0 Å². The van der Waals surface area contributed by atoms with Crippen molar-refractivity contribution in [3.8, 4) is 0 Å². The van der Waals surface area contributed by atoms with Gasteiger partial charge in [-0.1, -0.05) is 40.4 Å². The molecule has 0 aliphatic heterocycles. The van der Waals surface area contributed by atoms with E-state index in [0.29, 0.717) is 0 Å². The van der Waals surface area contributed by atoms with E-state index in [2.05, 4.69) is 43.9 Å². The molecule has 3 nitrogen and oxygen atoms in total. The van der Waals surface area contributed by atoms with Crippen LogP contribution >= 0.6 is 0 Å². The maximum absolute atomic E-state index is 8.36. The SMILES string of the molecule is CCC(C)O.CCC(C)O.CCC(C)O.C[Si](C)(C)[c-]1cccc1.[Zr]. The quantitative estimate of drug-likeness (QED) is 0.474. The Hall–Kier alpha value is 0.330. The Morgan fingerprint density at radius 2 is 0.920 bits per heavy atom. The molecule has 0 spiro atoms. The first-order chi connectivity index (χ1) is 10.9. The summed E-state index contributed by atoms with van der Waals surface area (Å²) in [6.07, 6.45) is 2.24. The van der Waals surface area contributed by atoms with Crippen molar-refractivity contribution in [1.29, 1.82) is 0 Å². The molecule has 3 N–H and O–H groups in total. The molecular weight excluding hydrogens is 408 g/mol. The van der Waals surface area contributed by atoms with Gasteiger partial charge in [-0.2, -0.15) is 17.3 Å². The number of aliphatic hydroxyl groups is 3. The minimum atomic E-state index is -0.981. The van der Waals surface area contributed by atoms with Crippen LogP contribution in [0.4, 0.5) is 0 Å². The smallest absolute Gasteiger partial charge is 0.0509 e. The van der Waals surface area contributed by atoms with E-state index in [1.54, 1.807) is 26.0 Å². The summed E-state index contributed by atoms with van der Waals surface area (Å²) < 4.78 is 0. The fraction of sp³-hybridized carbons (Fsp3) is 0.750. The van der Waals surface area contributed by atoms with E-state index in [4.69, 9.17) is 15.3 Å². The van der Waals surface area contributed by atoms with Gasteiger partial charge in [-0.15, -0.1) is 0 Å². The van der Waals surface area contributed by atoms with Crippen molar-refractivity contribution >= 4 is 13.3 Å². The van der Waals surface area contributed by atoms with Gasteiger partial charge in [0.2, 0.25) is 0 Å². The summed E-state index contributed by atoms with van der Waals surface area (Å²) in [5.41, 5.74) is 0. The Kier molecular flexibility index (Phi) is 27.2. The monoisotopic (exact) mass is 449 g/mol. The molecule has 0 amide bonds. The van der Waals surface area contributed by atoms with Crippen molar-refractivity contribution in [2.24, 2.45) is 0 Å². The first-order valence-electron chi connectivity index (χ1n) is 9.18. The minimum absolute atomic E-state index is 0. The largest absolute Gasteiger partial charge is 0.393 e. The molecule has 0 aliphatic carbocycles.